The van der Waals surface area contributed by atoms with Crippen LogP contribution in [0.3, 0.4) is 0 Å². The highest BCUT2D eigenvalue weighted by Crippen LogP contribution is 2.35. The fourth-order valence-electron chi connectivity index (χ4n) is 2.04. The van der Waals surface area contributed by atoms with Crippen molar-refractivity contribution in [3.63, 3.8) is 0 Å². The monoisotopic (exact) mass is 438 g/mol. The third kappa shape index (κ3) is 4.99. The van der Waals surface area contributed by atoms with Gasteiger partial charge in [-0.3, -0.25) is 0 Å². The summed E-state index contributed by atoms with van der Waals surface area (Å²) in [7, 11) is 0. The van der Waals surface area contributed by atoms with Crippen molar-refractivity contribution in [3.8, 4) is 11.5 Å². The molecular weight excluding hydrogens is 419 g/mol. The maximum absolute atomic E-state index is 12.0. The first-order chi connectivity index (χ1) is 11.7. The number of hydrogen-bond donors (Lipinski definition) is 0. The molecule has 0 bridgehead atoms. The van der Waals surface area contributed by atoms with Gasteiger partial charge in [0.2, 0.25) is 0 Å². The Balaban J connectivity index is 2.23. The molecule has 5 heteroatoms. The normalized spacial score (nSPS) is 10.1. The summed E-state index contributed by atoms with van der Waals surface area (Å²) in [6, 6.07) is 13.3. The van der Waals surface area contributed by atoms with Gasteiger partial charge in [0.05, 0.1) is 15.7 Å². The molecule has 0 aromatic heterocycles. The summed E-state index contributed by atoms with van der Waals surface area (Å²) >= 11 is 2.13. The molecule has 4 nitrogen and oxygen atoms in total. The highest BCUT2D eigenvalue weighted by molar-refractivity contribution is 14.1. The van der Waals surface area contributed by atoms with Gasteiger partial charge in [-0.25, -0.2) is 4.79 Å². The van der Waals surface area contributed by atoms with E-state index in [2.05, 4.69) is 29.2 Å². The Morgan fingerprint density at radius 3 is 2.62 bits per heavy atom. The number of carbonyl (C=O) groups is 1. The van der Waals surface area contributed by atoms with E-state index in [0.717, 1.165) is 9.13 Å². The molecule has 24 heavy (non-hydrogen) atoms. The molecule has 126 valence electrons. The Kier molecular flexibility index (Phi) is 7.11. The second kappa shape index (κ2) is 9.32. The zero-order valence-electron chi connectivity index (χ0n) is 13.5. The van der Waals surface area contributed by atoms with Gasteiger partial charge < -0.3 is 14.2 Å². The zero-order valence-corrected chi connectivity index (χ0v) is 15.6. The molecule has 0 amide bonds. The number of ether oxygens (including phenoxy) is 3. The average molecular weight is 438 g/mol. The lowest BCUT2D eigenvalue weighted by atomic mass is 10.2. The summed E-state index contributed by atoms with van der Waals surface area (Å²) < 4.78 is 17.4. The number of benzene rings is 2. The van der Waals surface area contributed by atoms with Gasteiger partial charge in [-0.05, 0) is 47.2 Å². The van der Waals surface area contributed by atoms with Crippen molar-refractivity contribution in [3.05, 3.63) is 69.8 Å². The van der Waals surface area contributed by atoms with Crippen LogP contribution in [0.15, 0.2) is 55.1 Å². The van der Waals surface area contributed by atoms with Crippen molar-refractivity contribution < 1.29 is 19.0 Å². The summed E-state index contributed by atoms with van der Waals surface area (Å²) in [5.74, 6) is 0.746. The van der Waals surface area contributed by atoms with E-state index in [4.69, 9.17) is 14.2 Å². The van der Waals surface area contributed by atoms with Gasteiger partial charge in [0.15, 0.2) is 11.5 Å². The van der Waals surface area contributed by atoms with Gasteiger partial charge in [-0.1, -0.05) is 43.0 Å². The van der Waals surface area contributed by atoms with Crippen LogP contribution >= 0.6 is 22.6 Å². The highest BCUT2D eigenvalue weighted by Gasteiger charge is 2.17. The standard InChI is InChI=1S/C19H19IO4/c1-3-10-23-19(21)15-11-16(20)18(17(12-15)22-4-2)24-13-14-8-6-5-7-9-14/h3,5-9,11-12H,1,4,10,13H2,2H3. The molecule has 0 radical (unpaired) electrons. The van der Waals surface area contributed by atoms with Crippen LogP contribution in [0.5, 0.6) is 11.5 Å². The van der Waals surface area contributed by atoms with Crippen molar-refractivity contribution in [2.75, 3.05) is 13.2 Å². The topological polar surface area (TPSA) is 44.8 Å². The summed E-state index contributed by atoms with van der Waals surface area (Å²) in [5, 5.41) is 0. The van der Waals surface area contributed by atoms with E-state index < -0.39 is 5.97 Å². The molecule has 2 aromatic carbocycles. The number of hydrogen-bond acceptors (Lipinski definition) is 4. The molecule has 2 rings (SSSR count). The highest BCUT2D eigenvalue weighted by atomic mass is 127. The Hall–Kier alpha value is -2.02. The van der Waals surface area contributed by atoms with Crippen molar-refractivity contribution >= 4 is 28.6 Å². The van der Waals surface area contributed by atoms with Crippen LogP contribution in [0.1, 0.15) is 22.8 Å². The molecule has 0 fully saturated rings. The van der Waals surface area contributed by atoms with Crippen LogP contribution in [0.4, 0.5) is 0 Å². The molecule has 0 N–H and O–H groups in total. The van der Waals surface area contributed by atoms with Gasteiger partial charge >= 0.3 is 5.97 Å². The fraction of sp³-hybridized carbons (Fsp3) is 0.211. The van der Waals surface area contributed by atoms with E-state index in [1.54, 1.807) is 12.1 Å². The van der Waals surface area contributed by atoms with Crippen LogP contribution in [-0.4, -0.2) is 19.2 Å². The number of carbonyl (C=O) groups excluding carboxylic acids is 1. The summed E-state index contributed by atoms with van der Waals surface area (Å²) in [6.07, 6.45) is 1.53. The maximum atomic E-state index is 12.0. The summed E-state index contributed by atoms with van der Waals surface area (Å²) in [4.78, 5) is 12.0. The minimum absolute atomic E-state index is 0.172. The minimum atomic E-state index is -0.414. The van der Waals surface area contributed by atoms with Crippen LogP contribution in [0, 0.1) is 3.57 Å². The van der Waals surface area contributed by atoms with Gasteiger partial charge in [-0.2, -0.15) is 0 Å². The molecule has 0 heterocycles. The molecule has 2 aromatic rings. The van der Waals surface area contributed by atoms with Gasteiger partial charge in [-0.15, -0.1) is 0 Å². The smallest absolute Gasteiger partial charge is 0.338 e. The average Bonchev–Trinajstić information content (AvgIpc) is 2.60. The molecule has 0 atom stereocenters. The molecular formula is C19H19IO4. The molecule has 0 saturated carbocycles. The van der Waals surface area contributed by atoms with Crippen molar-refractivity contribution in [1.29, 1.82) is 0 Å². The van der Waals surface area contributed by atoms with Crippen LogP contribution in [0.25, 0.3) is 0 Å². The van der Waals surface area contributed by atoms with E-state index in [-0.39, 0.29) is 6.61 Å². The number of rotatable bonds is 8. The quantitative estimate of drug-likeness (QED) is 0.343. The van der Waals surface area contributed by atoms with E-state index in [1.807, 2.05) is 37.3 Å². The van der Waals surface area contributed by atoms with Crippen LogP contribution < -0.4 is 9.47 Å². The maximum Gasteiger partial charge on any atom is 0.338 e. The third-order valence-electron chi connectivity index (χ3n) is 3.10. The lowest BCUT2D eigenvalue weighted by molar-refractivity contribution is 0.0549. The Labute approximate surface area is 155 Å². The lowest BCUT2D eigenvalue weighted by Gasteiger charge is -2.15. The Morgan fingerprint density at radius 1 is 1.21 bits per heavy atom. The second-order valence-electron chi connectivity index (χ2n) is 4.88. The van der Waals surface area contributed by atoms with Crippen molar-refractivity contribution in [1.82, 2.24) is 0 Å². The Morgan fingerprint density at radius 2 is 1.96 bits per heavy atom. The van der Waals surface area contributed by atoms with E-state index in [9.17, 15) is 4.79 Å². The third-order valence-corrected chi connectivity index (χ3v) is 3.90. The molecule has 0 spiro atoms. The Bertz CT molecular complexity index is 698. The molecule has 0 aliphatic rings. The van der Waals surface area contributed by atoms with Crippen molar-refractivity contribution in [2.24, 2.45) is 0 Å². The first-order valence-corrected chi connectivity index (χ1v) is 8.64. The predicted octanol–water partition coefficient (Wildman–Crippen LogP) is 4.61. The van der Waals surface area contributed by atoms with E-state index >= 15 is 0 Å². The SMILES string of the molecule is C=CCOC(=O)c1cc(I)c(OCc2ccccc2)c(OCC)c1. The molecule has 0 aliphatic heterocycles. The van der Waals surface area contributed by atoms with E-state index in [1.165, 1.54) is 6.08 Å². The molecule has 0 saturated heterocycles. The van der Waals surface area contributed by atoms with E-state index in [0.29, 0.717) is 30.3 Å². The van der Waals surface area contributed by atoms with Gasteiger partial charge in [0, 0.05) is 0 Å². The van der Waals surface area contributed by atoms with Crippen LogP contribution in [-0.2, 0) is 11.3 Å². The fourth-order valence-corrected chi connectivity index (χ4v) is 2.79. The summed E-state index contributed by atoms with van der Waals surface area (Å²) in [5.41, 5.74) is 1.49. The first kappa shape index (κ1) is 18.3. The molecule has 0 unspecified atom stereocenters. The van der Waals surface area contributed by atoms with Crippen molar-refractivity contribution in [2.45, 2.75) is 13.5 Å². The second-order valence-corrected chi connectivity index (χ2v) is 6.04. The molecule has 0 aliphatic carbocycles. The largest absolute Gasteiger partial charge is 0.490 e. The summed E-state index contributed by atoms with van der Waals surface area (Å²) in [6.45, 7) is 6.50. The van der Waals surface area contributed by atoms with Crippen LogP contribution in [0.2, 0.25) is 0 Å². The minimum Gasteiger partial charge on any atom is -0.490 e. The predicted molar refractivity (Wildman–Crippen MR) is 102 cm³/mol. The van der Waals surface area contributed by atoms with Gasteiger partial charge in [0.25, 0.3) is 0 Å². The zero-order chi connectivity index (χ0) is 17.4. The lowest BCUT2D eigenvalue weighted by Crippen LogP contribution is -2.08. The number of esters is 1. The first-order valence-electron chi connectivity index (χ1n) is 7.56. The van der Waals surface area contributed by atoms with Gasteiger partial charge in [0.1, 0.15) is 13.2 Å². The number of halogens is 1.